The van der Waals surface area contributed by atoms with E-state index in [0.717, 1.165) is 44.3 Å². The van der Waals surface area contributed by atoms with Crippen LogP contribution in [-0.2, 0) is 0 Å². The smallest absolute Gasteiger partial charge is 0.191 e. The lowest BCUT2D eigenvalue weighted by Gasteiger charge is -2.33. The van der Waals surface area contributed by atoms with Crippen molar-refractivity contribution in [3.05, 3.63) is 24.2 Å². The van der Waals surface area contributed by atoms with Crippen LogP contribution in [0.3, 0.4) is 0 Å². The van der Waals surface area contributed by atoms with Crippen molar-refractivity contribution in [2.45, 2.75) is 45.6 Å². The third-order valence-electron chi connectivity index (χ3n) is 4.40. The standard InChI is InChI=1S/C18H32N4O.HI/c1-15(2)9-10-20-18(19-3)21-14-16(17-8-7-13-23-17)22-11-5-4-6-12-22;/h7-8,13,15-16H,4-6,9-12,14H2,1-3H3,(H2,19,20,21);1H. The van der Waals surface area contributed by atoms with E-state index in [1.165, 1.54) is 19.3 Å². The number of halogens is 1. The normalized spacial score (nSPS) is 17.4. The second-order valence-corrected chi connectivity index (χ2v) is 6.69. The number of likely N-dealkylation sites (tertiary alicyclic amines) is 1. The van der Waals surface area contributed by atoms with Crippen molar-refractivity contribution in [1.82, 2.24) is 15.5 Å². The molecule has 1 saturated heterocycles. The van der Waals surface area contributed by atoms with E-state index in [2.05, 4.69) is 40.4 Å². The first-order valence-corrected chi connectivity index (χ1v) is 8.92. The van der Waals surface area contributed by atoms with Crippen LogP contribution in [0.15, 0.2) is 27.8 Å². The molecule has 1 aromatic rings. The Hall–Kier alpha value is -0.760. The predicted octanol–water partition coefficient (Wildman–Crippen LogP) is 3.64. The zero-order valence-corrected chi connectivity index (χ0v) is 17.6. The molecule has 1 aliphatic rings. The highest BCUT2D eigenvalue weighted by Crippen LogP contribution is 2.24. The summed E-state index contributed by atoms with van der Waals surface area (Å²) in [7, 11) is 1.83. The lowest BCUT2D eigenvalue weighted by Crippen LogP contribution is -2.44. The molecule has 0 saturated carbocycles. The van der Waals surface area contributed by atoms with Crippen LogP contribution >= 0.6 is 24.0 Å². The Morgan fingerprint density at radius 1 is 1.25 bits per heavy atom. The fraction of sp³-hybridized carbons (Fsp3) is 0.722. The number of hydrogen-bond donors (Lipinski definition) is 2. The van der Waals surface area contributed by atoms with Crippen molar-refractivity contribution < 1.29 is 4.42 Å². The van der Waals surface area contributed by atoms with Gasteiger partial charge in [0, 0.05) is 20.1 Å². The maximum atomic E-state index is 5.69. The van der Waals surface area contributed by atoms with Crippen molar-refractivity contribution >= 4 is 29.9 Å². The van der Waals surface area contributed by atoms with Gasteiger partial charge in [-0.25, -0.2) is 0 Å². The lowest BCUT2D eigenvalue weighted by molar-refractivity contribution is 0.146. The molecular weight excluding hydrogens is 415 g/mol. The summed E-state index contributed by atoms with van der Waals surface area (Å²) >= 11 is 0. The van der Waals surface area contributed by atoms with Gasteiger partial charge >= 0.3 is 0 Å². The first-order chi connectivity index (χ1) is 11.2. The Bertz CT molecular complexity index is 456. The van der Waals surface area contributed by atoms with E-state index >= 15 is 0 Å². The molecule has 1 aliphatic heterocycles. The van der Waals surface area contributed by atoms with Gasteiger partial charge in [-0.05, 0) is 50.4 Å². The summed E-state index contributed by atoms with van der Waals surface area (Å²) in [5.74, 6) is 2.61. The molecule has 0 amide bonds. The largest absolute Gasteiger partial charge is 0.468 e. The van der Waals surface area contributed by atoms with E-state index in [9.17, 15) is 0 Å². The highest BCUT2D eigenvalue weighted by Gasteiger charge is 2.24. The number of rotatable bonds is 7. The number of aliphatic imine (C=N–C) groups is 1. The van der Waals surface area contributed by atoms with E-state index in [0.29, 0.717) is 5.92 Å². The van der Waals surface area contributed by atoms with Gasteiger partial charge in [0.2, 0.25) is 0 Å². The van der Waals surface area contributed by atoms with E-state index in [4.69, 9.17) is 4.42 Å². The van der Waals surface area contributed by atoms with Crippen LogP contribution in [0.1, 0.15) is 51.3 Å². The van der Waals surface area contributed by atoms with Crippen LogP contribution in [0.5, 0.6) is 0 Å². The SMILES string of the molecule is CN=C(NCCC(C)C)NCC(c1ccco1)N1CCCCC1.I. The van der Waals surface area contributed by atoms with E-state index < -0.39 is 0 Å². The third-order valence-corrected chi connectivity index (χ3v) is 4.40. The maximum Gasteiger partial charge on any atom is 0.191 e. The predicted molar refractivity (Wildman–Crippen MR) is 111 cm³/mol. The van der Waals surface area contributed by atoms with Gasteiger partial charge in [-0.2, -0.15) is 0 Å². The zero-order chi connectivity index (χ0) is 16.5. The minimum absolute atomic E-state index is 0. The highest BCUT2D eigenvalue weighted by atomic mass is 127. The zero-order valence-electron chi connectivity index (χ0n) is 15.3. The topological polar surface area (TPSA) is 52.8 Å². The Balaban J connectivity index is 0.00000288. The number of hydrogen-bond acceptors (Lipinski definition) is 3. The molecule has 24 heavy (non-hydrogen) atoms. The molecule has 1 unspecified atom stereocenters. The average molecular weight is 448 g/mol. The highest BCUT2D eigenvalue weighted by molar-refractivity contribution is 14.0. The van der Waals surface area contributed by atoms with Crippen molar-refractivity contribution in [2.24, 2.45) is 10.9 Å². The van der Waals surface area contributed by atoms with Crippen LogP contribution in [0.2, 0.25) is 0 Å². The first kappa shape index (κ1) is 21.3. The molecule has 6 heteroatoms. The molecule has 2 heterocycles. The second kappa shape index (κ2) is 11.7. The van der Waals surface area contributed by atoms with Gasteiger partial charge in [0.15, 0.2) is 5.96 Å². The van der Waals surface area contributed by atoms with Gasteiger partial charge in [0.25, 0.3) is 0 Å². The summed E-state index contributed by atoms with van der Waals surface area (Å²) in [5.41, 5.74) is 0. The molecule has 5 nitrogen and oxygen atoms in total. The van der Waals surface area contributed by atoms with Crippen molar-refractivity contribution in [3.63, 3.8) is 0 Å². The van der Waals surface area contributed by atoms with Gasteiger partial charge in [-0.15, -0.1) is 24.0 Å². The molecule has 0 aliphatic carbocycles. The van der Waals surface area contributed by atoms with Crippen LogP contribution in [0.25, 0.3) is 0 Å². The monoisotopic (exact) mass is 448 g/mol. The van der Waals surface area contributed by atoms with Crippen molar-refractivity contribution in [1.29, 1.82) is 0 Å². The van der Waals surface area contributed by atoms with E-state index in [-0.39, 0.29) is 30.0 Å². The third kappa shape index (κ3) is 7.01. The molecule has 0 aromatic carbocycles. The first-order valence-electron chi connectivity index (χ1n) is 8.92. The second-order valence-electron chi connectivity index (χ2n) is 6.69. The van der Waals surface area contributed by atoms with Gasteiger partial charge in [0.1, 0.15) is 5.76 Å². The summed E-state index contributed by atoms with van der Waals surface area (Å²) < 4.78 is 5.69. The van der Waals surface area contributed by atoms with Crippen LogP contribution in [-0.4, -0.2) is 44.1 Å². The minimum Gasteiger partial charge on any atom is -0.468 e. The summed E-state index contributed by atoms with van der Waals surface area (Å²) in [5, 5.41) is 6.86. The Morgan fingerprint density at radius 2 is 2.00 bits per heavy atom. The number of furan rings is 1. The molecule has 138 valence electrons. The molecule has 2 N–H and O–H groups in total. The van der Waals surface area contributed by atoms with E-state index in [1.54, 1.807) is 6.26 Å². The molecule has 2 rings (SSSR count). The van der Waals surface area contributed by atoms with Crippen molar-refractivity contribution in [3.8, 4) is 0 Å². The number of piperidine rings is 1. The fourth-order valence-electron chi connectivity index (χ4n) is 3.01. The Labute approximate surface area is 163 Å². The van der Waals surface area contributed by atoms with E-state index in [1.807, 2.05) is 13.1 Å². The Kier molecular flexibility index (Phi) is 10.4. The number of nitrogens with zero attached hydrogens (tertiary/aromatic N) is 2. The summed E-state index contributed by atoms with van der Waals surface area (Å²) in [6, 6.07) is 4.33. The maximum absolute atomic E-state index is 5.69. The quantitative estimate of drug-likeness (QED) is 0.380. The van der Waals surface area contributed by atoms with Gasteiger partial charge in [0.05, 0.1) is 12.3 Å². The number of nitrogens with one attached hydrogen (secondary N) is 2. The van der Waals surface area contributed by atoms with Gasteiger partial charge < -0.3 is 15.1 Å². The fourth-order valence-corrected chi connectivity index (χ4v) is 3.01. The van der Waals surface area contributed by atoms with Crippen molar-refractivity contribution in [2.75, 3.05) is 33.2 Å². The summed E-state index contributed by atoms with van der Waals surface area (Å²) in [6.45, 7) is 8.53. The van der Waals surface area contributed by atoms with Crippen LogP contribution < -0.4 is 10.6 Å². The molecule has 1 atom stereocenters. The summed E-state index contributed by atoms with van der Waals surface area (Å²) in [4.78, 5) is 6.85. The van der Waals surface area contributed by atoms with Gasteiger partial charge in [-0.3, -0.25) is 9.89 Å². The molecular formula is C18H33IN4O. The Morgan fingerprint density at radius 3 is 2.58 bits per heavy atom. The minimum atomic E-state index is 0. The lowest BCUT2D eigenvalue weighted by atomic mass is 10.1. The summed E-state index contributed by atoms with van der Waals surface area (Å²) in [6.07, 6.45) is 6.81. The van der Waals surface area contributed by atoms with Crippen LogP contribution in [0.4, 0.5) is 0 Å². The molecule has 0 spiro atoms. The molecule has 0 bridgehead atoms. The number of guanidine groups is 1. The van der Waals surface area contributed by atoms with Gasteiger partial charge in [-0.1, -0.05) is 20.3 Å². The molecule has 0 radical (unpaired) electrons. The average Bonchev–Trinajstić information content (AvgIpc) is 3.08. The molecule has 1 fully saturated rings. The molecule has 1 aromatic heterocycles. The van der Waals surface area contributed by atoms with Crippen LogP contribution in [0, 0.1) is 5.92 Å².